The first-order valence-electron chi connectivity index (χ1n) is 9.37. The summed E-state index contributed by atoms with van der Waals surface area (Å²) in [6, 6.07) is 12.4. The van der Waals surface area contributed by atoms with Crippen molar-refractivity contribution in [2.75, 3.05) is 26.8 Å². The number of benzene rings is 2. The molecule has 1 fully saturated rings. The number of carbonyl (C=O) groups excluding carboxylic acids is 2. The van der Waals surface area contributed by atoms with Crippen LogP contribution in [0, 0.1) is 0 Å². The normalized spacial score (nSPS) is 14.9. The maximum absolute atomic E-state index is 12.8. The van der Waals surface area contributed by atoms with Crippen LogP contribution >= 0.6 is 0 Å². The lowest BCUT2D eigenvalue weighted by Crippen LogP contribution is -2.35. The Kier molecular flexibility index (Phi) is 6.66. The molecule has 7 nitrogen and oxygen atoms in total. The molecule has 3 rings (SSSR count). The van der Waals surface area contributed by atoms with Crippen molar-refractivity contribution in [2.45, 2.75) is 24.2 Å². The summed E-state index contributed by atoms with van der Waals surface area (Å²) in [5.74, 6) is -0.778. The molecule has 0 spiro atoms. The van der Waals surface area contributed by atoms with Crippen molar-refractivity contribution in [3.8, 4) is 5.75 Å². The summed E-state index contributed by atoms with van der Waals surface area (Å²) in [7, 11) is -2.21. The van der Waals surface area contributed by atoms with E-state index in [1.807, 2.05) is 0 Å². The topological polar surface area (TPSA) is 90.0 Å². The molecule has 0 aromatic heterocycles. The average molecular weight is 417 g/mol. The van der Waals surface area contributed by atoms with Gasteiger partial charge in [-0.25, -0.2) is 13.2 Å². The van der Waals surface area contributed by atoms with Crippen LogP contribution in [0.1, 0.15) is 40.0 Å². The molecule has 1 saturated heterocycles. The van der Waals surface area contributed by atoms with E-state index >= 15 is 0 Å². The third kappa shape index (κ3) is 4.83. The Bertz CT molecular complexity index is 996. The number of esters is 1. The monoisotopic (exact) mass is 417 g/mol. The zero-order valence-electron chi connectivity index (χ0n) is 16.2. The molecule has 0 radical (unpaired) electrons. The SMILES string of the molecule is COc1ccccc1C(=O)COC(=O)c1cccc(S(=O)(=O)N2CCCCC2)c1. The molecule has 1 heterocycles. The lowest BCUT2D eigenvalue weighted by molar-refractivity contribution is 0.0473. The van der Waals surface area contributed by atoms with Crippen LogP contribution in [0.3, 0.4) is 0 Å². The number of para-hydroxylation sites is 1. The van der Waals surface area contributed by atoms with Crippen molar-refractivity contribution in [1.29, 1.82) is 0 Å². The smallest absolute Gasteiger partial charge is 0.338 e. The highest BCUT2D eigenvalue weighted by atomic mass is 32.2. The quantitative estimate of drug-likeness (QED) is 0.508. The minimum atomic E-state index is -3.66. The van der Waals surface area contributed by atoms with Crippen molar-refractivity contribution >= 4 is 21.8 Å². The molecule has 0 bridgehead atoms. The summed E-state index contributed by atoms with van der Waals surface area (Å²) in [6.45, 7) is 0.483. The van der Waals surface area contributed by atoms with Crippen molar-refractivity contribution < 1.29 is 27.5 Å². The van der Waals surface area contributed by atoms with Crippen molar-refractivity contribution in [2.24, 2.45) is 0 Å². The van der Waals surface area contributed by atoms with Gasteiger partial charge in [0.2, 0.25) is 15.8 Å². The van der Waals surface area contributed by atoms with E-state index in [0.717, 1.165) is 19.3 Å². The molecule has 0 unspecified atom stereocenters. The van der Waals surface area contributed by atoms with Gasteiger partial charge in [-0.05, 0) is 43.2 Å². The standard InChI is InChI=1S/C21H23NO6S/c1-27-20-11-4-3-10-18(20)19(23)15-28-21(24)16-8-7-9-17(14-16)29(25,26)22-12-5-2-6-13-22/h3-4,7-11,14H,2,5-6,12-13,15H2,1H3. The van der Waals surface area contributed by atoms with E-state index in [0.29, 0.717) is 24.4 Å². The van der Waals surface area contributed by atoms with Crippen LogP contribution in [0.15, 0.2) is 53.4 Å². The van der Waals surface area contributed by atoms with Gasteiger partial charge in [0.05, 0.1) is 23.1 Å². The molecule has 29 heavy (non-hydrogen) atoms. The van der Waals surface area contributed by atoms with Gasteiger partial charge in [-0.1, -0.05) is 24.6 Å². The molecule has 0 N–H and O–H groups in total. The van der Waals surface area contributed by atoms with E-state index in [1.165, 1.54) is 35.7 Å². The fourth-order valence-corrected chi connectivity index (χ4v) is 4.77. The average Bonchev–Trinajstić information content (AvgIpc) is 2.77. The molecule has 154 valence electrons. The molecule has 0 amide bonds. The molecular formula is C21H23NO6S. The van der Waals surface area contributed by atoms with Crippen molar-refractivity contribution in [1.82, 2.24) is 4.31 Å². The van der Waals surface area contributed by atoms with Gasteiger partial charge in [0, 0.05) is 13.1 Å². The van der Waals surface area contributed by atoms with E-state index in [2.05, 4.69) is 0 Å². The van der Waals surface area contributed by atoms with Crippen LogP contribution in [0.4, 0.5) is 0 Å². The van der Waals surface area contributed by atoms with Gasteiger partial charge >= 0.3 is 5.97 Å². The molecule has 8 heteroatoms. The fraction of sp³-hybridized carbons (Fsp3) is 0.333. The Hall–Kier alpha value is -2.71. The molecule has 1 aliphatic heterocycles. The Labute approximate surface area is 170 Å². The maximum Gasteiger partial charge on any atom is 0.338 e. The number of hydrogen-bond acceptors (Lipinski definition) is 6. The van der Waals surface area contributed by atoms with Crippen molar-refractivity contribution in [3.63, 3.8) is 0 Å². The first-order valence-corrected chi connectivity index (χ1v) is 10.8. The van der Waals surface area contributed by atoms with Gasteiger partial charge in [0.1, 0.15) is 5.75 Å². The highest BCUT2D eigenvalue weighted by Crippen LogP contribution is 2.22. The van der Waals surface area contributed by atoms with Gasteiger partial charge in [0.15, 0.2) is 6.61 Å². The lowest BCUT2D eigenvalue weighted by Gasteiger charge is -2.25. The Morgan fingerprint density at radius 2 is 1.72 bits per heavy atom. The van der Waals surface area contributed by atoms with E-state index in [4.69, 9.17) is 9.47 Å². The summed E-state index contributed by atoms with van der Waals surface area (Å²) >= 11 is 0. The Morgan fingerprint density at radius 3 is 2.45 bits per heavy atom. The molecule has 1 aliphatic rings. The highest BCUT2D eigenvalue weighted by molar-refractivity contribution is 7.89. The minimum Gasteiger partial charge on any atom is -0.496 e. The van der Waals surface area contributed by atoms with E-state index in [-0.39, 0.29) is 10.5 Å². The third-order valence-electron chi connectivity index (χ3n) is 4.76. The molecule has 2 aromatic rings. The second-order valence-electron chi connectivity index (χ2n) is 6.69. The molecule has 2 aromatic carbocycles. The van der Waals surface area contributed by atoms with E-state index in [9.17, 15) is 18.0 Å². The summed E-state index contributed by atoms with van der Waals surface area (Å²) in [5.41, 5.74) is 0.389. The van der Waals surface area contributed by atoms with Gasteiger partial charge < -0.3 is 9.47 Å². The zero-order valence-corrected chi connectivity index (χ0v) is 17.0. The number of carbonyl (C=O) groups is 2. The van der Waals surface area contributed by atoms with E-state index < -0.39 is 28.4 Å². The van der Waals surface area contributed by atoms with Crippen LogP contribution in [-0.4, -0.2) is 51.3 Å². The second-order valence-corrected chi connectivity index (χ2v) is 8.63. The molecule has 0 saturated carbocycles. The summed E-state index contributed by atoms with van der Waals surface area (Å²) in [5, 5.41) is 0. The fourth-order valence-electron chi connectivity index (χ4n) is 3.21. The summed E-state index contributed by atoms with van der Waals surface area (Å²) in [4.78, 5) is 24.8. The predicted molar refractivity (Wildman–Crippen MR) is 107 cm³/mol. The third-order valence-corrected chi connectivity index (χ3v) is 6.66. The summed E-state index contributed by atoms with van der Waals surface area (Å²) in [6.07, 6.45) is 2.66. The number of ether oxygens (including phenoxy) is 2. The summed E-state index contributed by atoms with van der Waals surface area (Å²) < 4.78 is 37.3. The van der Waals surface area contributed by atoms with Crippen LogP contribution in [0.5, 0.6) is 5.75 Å². The first kappa shape index (κ1) is 21.0. The van der Waals surface area contributed by atoms with Crippen LogP contribution in [0.2, 0.25) is 0 Å². The molecule has 0 atom stereocenters. The minimum absolute atomic E-state index is 0.0462. The molecule has 0 aliphatic carbocycles. The number of ketones is 1. The number of piperidine rings is 1. The number of rotatable bonds is 7. The van der Waals surface area contributed by atoms with E-state index in [1.54, 1.807) is 24.3 Å². The van der Waals surface area contributed by atoms with Gasteiger partial charge in [-0.2, -0.15) is 4.31 Å². The second kappa shape index (κ2) is 9.19. The lowest BCUT2D eigenvalue weighted by atomic mass is 10.1. The highest BCUT2D eigenvalue weighted by Gasteiger charge is 2.26. The van der Waals surface area contributed by atoms with Crippen LogP contribution < -0.4 is 4.74 Å². The number of methoxy groups -OCH3 is 1. The number of hydrogen-bond donors (Lipinski definition) is 0. The van der Waals surface area contributed by atoms with Crippen LogP contribution in [0.25, 0.3) is 0 Å². The van der Waals surface area contributed by atoms with Crippen molar-refractivity contribution in [3.05, 3.63) is 59.7 Å². The number of nitrogens with zero attached hydrogens (tertiary/aromatic N) is 1. The number of sulfonamides is 1. The van der Waals surface area contributed by atoms with Gasteiger partial charge in [0.25, 0.3) is 0 Å². The maximum atomic E-state index is 12.8. The number of Topliss-reactive ketones (excluding diaryl/α,β-unsaturated/α-hetero) is 1. The first-order chi connectivity index (χ1) is 13.9. The Balaban J connectivity index is 1.70. The zero-order chi connectivity index (χ0) is 20.9. The predicted octanol–water partition coefficient (Wildman–Crippen LogP) is 2.91. The largest absolute Gasteiger partial charge is 0.496 e. The Morgan fingerprint density at radius 1 is 1.00 bits per heavy atom. The molecular weight excluding hydrogens is 394 g/mol. The van der Waals surface area contributed by atoms with Gasteiger partial charge in [-0.3, -0.25) is 4.79 Å². The van der Waals surface area contributed by atoms with Crippen LogP contribution in [-0.2, 0) is 14.8 Å². The van der Waals surface area contributed by atoms with Gasteiger partial charge in [-0.15, -0.1) is 0 Å².